The lowest BCUT2D eigenvalue weighted by molar-refractivity contribution is 0.0935. The minimum Gasteiger partial charge on any atom is -0.376 e. The van der Waals surface area contributed by atoms with Crippen molar-refractivity contribution < 1.29 is 4.74 Å². The van der Waals surface area contributed by atoms with Gasteiger partial charge in [-0.3, -0.25) is 0 Å². The highest BCUT2D eigenvalue weighted by Gasteiger charge is 2.31. The highest BCUT2D eigenvalue weighted by atomic mass is 79.9. The molecule has 1 aliphatic rings. The molecule has 19 heavy (non-hydrogen) atoms. The van der Waals surface area contributed by atoms with Gasteiger partial charge >= 0.3 is 0 Å². The van der Waals surface area contributed by atoms with E-state index in [2.05, 4.69) is 67.9 Å². The first-order valence-corrected chi connectivity index (χ1v) is 8.23. The summed E-state index contributed by atoms with van der Waals surface area (Å²) in [6, 6.07) is 9.04. The molecule has 0 aromatic heterocycles. The van der Waals surface area contributed by atoms with E-state index >= 15 is 0 Å². The van der Waals surface area contributed by atoms with Crippen molar-refractivity contribution in [3.63, 3.8) is 0 Å². The fraction of sp³-hybridized carbons (Fsp3) is 0.647. The predicted octanol–water partition coefficient (Wildman–Crippen LogP) is 5.24. The van der Waals surface area contributed by atoms with Gasteiger partial charge in [-0.25, -0.2) is 0 Å². The lowest BCUT2D eigenvalue weighted by Gasteiger charge is -2.25. The average molecular weight is 325 g/mol. The summed E-state index contributed by atoms with van der Waals surface area (Å²) in [6.45, 7) is 10.0. The van der Waals surface area contributed by atoms with E-state index in [4.69, 9.17) is 4.74 Å². The van der Waals surface area contributed by atoms with E-state index < -0.39 is 0 Å². The Morgan fingerprint density at radius 3 is 2.42 bits per heavy atom. The number of rotatable bonds is 4. The normalized spacial score (nSPS) is 25.5. The molecule has 0 amide bonds. The number of hydrogen-bond donors (Lipinski definition) is 0. The molecule has 3 atom stereocenters. The van der Waals surface area contributed by atoms with E-state index in [-0.39, 0.29) is 5.41 Å². The third-order valence-corrected chi connectivity index (χ3v) is 5.68. The molecule has 0 radical (unpaired) electrons. The molecule has 0 spiro atoms. The quantitative estimate of drug-likeness (QED) is 0.688. The summed E-state index contributed by atoms with van der Waals surface area (Å²) in [5, 5.41) is 0. The Hall–Kier alpha value is -0.340. The Labute approximate surface area is 125 Å². The third kappa shape index (κ3) is 3.22. The lowest BCUT2D eigenvalue weighted by atomic mass is 9.82. The maximum atomic E-state index is 5.85. The van der Waals surface area contributed by atoms with Gasteiger partial charge in [0.1, 0.15) is 0 Å². The molecule has 106 valence electrons. The first-order chi connectivity index (χ1) is 8.95. The van der Waals surface area contributed by atoms with Crippen LogP contribution in [0.2, 0.25) is 0 Å². The van der Waals surface area contributed by atoms with Crippen molar-refractivity contribution in [2.75, 3.05) is 6.61 Å². The van der Waals surface area contributed by atoms with Crippen molar-refractivity contribution in [2.45, 2.75) is 56.9 Å². The second-order valence-corrected chi connectivity index (χ2v) is 7.35. The number of alkyl halides is 1. The molecule has 3 unspecified atom stereocenters. The van der Waals surface area contributed by atoms with Gasteiger partial charge in [0.2, 0.25) is 0 Å². The van der Waals surface area contributed by atoms with E-state index in [0.29, 0.717) is 16.8 Å². The van der Waals surface area contributed by atoms with Crippen LogP contribution in [0.4, 0.5) is 0 Å². The van der Waals surface area contributed by atoms with Crippen LogP contribution in [0.5, 0.6) is 0 Å². The number of benzene rings is 1. The van der Waals surface area contributed by atoms with E-state index in [0.717, 1.165) is 13.0 Å². The second kappa shape index (κ2) is 5.97. The first-order valence-electron chi connectivity index (χ1n) is 7.32. The topological polar surface area (TPSA) is 9.23 Å². The van der Waals surface area contributed by atoms with Crippen molar-refractivity contribution in [1.82, 2.24) is 0 Å². The smallest absolute Gasteiger partial charge is 0.0767 e. The van der Waals surface area contributed by atoms with Gasteiger partial charge in [0, 0.05) is 6.61 Å². The fourth-order valence-corrected chi connectivity index (χ4v) is 3.58. The van der Waals surface area contributed by atoms with Gasteiger partial charge < -0.3 is 4.74 Å². The summed E-state index contributed by atoms with van der Waals surface area (Å²) >= 11 is 3.82. The van der Waals surface area contributed by atoms with Crippen LogP contribution in [0.3, 0.4) is 0 Å². The van der Waals surface area contributed by atoms with Crippen molar-refractivity contribution >= 4 is 15.9 Å². The molecule has 1 aromatic rings. The molecule has 0 saturated carbocycles. The van der Waals surface area contributed by atoms with Crippen molar-refractivity contribution in [2.24, 2.45) is 5.92 Å². The Balaban J connectivity index is 2.14. The van der Waals surface area contributed by atoms with Crippen molar-refractivity contribution in [3.8, 4) is 0 Å². The summed E-state index contributed by atoms with van der Waals surface area (Å²) in [5.74, 6) is 0.635. The van der Waals surface area contributed by atoms with Gasteiger partial charge in [0.15, 0.2) is 0 Å². The van der Waals surface area contributed by atoms with Gasteiger partial charge in [-0.05, 0) is 35.3 Å². The molecule has 0 aliphatic carbocycles. The average Bonchev–Trinajstić information content (AvgIpc) is 2.84. The highest BCUT2D eigenvalue weighted by molar-refractivity contribution is 9.09. The fourth-order valence-electron chi connectivity index (χ4n) is 2.60. The van der Waals surface area contributed by atoms with Crippen molar-refractivity contribution in [1.29, 1.82) is 0 Å². The van der Waals surface area contributed by atoms with Gasteiger partial charge in [0.25, 0.3) is 0 Å². The largest absolute Gasteiger partial charge is 0.376 e. The van der Waals surface area contributed by atoms with Crippen LogP contribution in [-0.4, -0.2) is 12.7 Å². The predicted molar refractivity (Wildman–Crippen MR) is 84.9 cm³/mol. The van der Waals surface area contributed by atoms with Crippen molar-refractivity contribution in [3.05, 3.63) is 35.4 Å². The van der Waals surface area contributed by atoms with Gasteiger partial charge in [0.05, 0.1) is 10.9 Å². The zero-order chi connectivity index (χ0) is 14.0. The first kappa shape index (κ1) is 15.1. The van der Waals surface area contributed by atoms with Crippen LogP contribution in [-0.2, 0) is 10.2 Å². The Morgan fingerprint density at radius 1 is 1.32 bits per heavy atom. The van der Waals surface area contributed by atoms with Gasteiger partial charge in [-0.1, -0.05) is 67.9 Å². The van der Waals surface area contributed by atoms with Crippen LogP contribution in [0.25, 0.3) is 0 Å². The Morgan fingerprint density at radius 2 is 1.95 bits per heavy atom. The van der Waals surface area contributed by atoms with E-state index in [1.807, 2.05) is 0 Å². The van der Waals surface area contributed by atoms with Gasteiger partial charge in [-0.2, -0.15) is 0 Å². The minimum atomic E-state index is 0.261. The summed E-state index contributed by atoms with van der Waals surface area (Å²) in [7, 11) is 0. The van der Waals surface area contributed by atoms with E-state index in [1.165, 1.54) is 17.5 Å². The molecule has 2 rings (SSSR count). The SMILES string of the molecule is CCC(C)(C)c1ccc(C(Br)C2OCCC2C)cc1. The molecule has 1 heterocycles. The Bertz CT molecular complexity index is 410. The second-order valence-electron chi connectivity index (χ2n) is 6.36. The molecule has 1 aromatic carbocycles. The van der Waals surface area contributed by atoms with Crippen LogP contribution in [0, 0.1) is 5.92 Å². The highest BCUT2D eigenvalue weighted by Crippen LogP contribution is 2.38. The summed E-state index contributed by atoms with van der Waals surface area (Å²) in [4.78, 5) is 0.309. The standard InChI is InChI=1S/C17H25BrO/c1-5-17(3,4)14-8-6-13(7-9-14)15(18)16-12(2)10-11-19-16/h6-9,12,15-16H,5,10-11H2,1-4H3. The zero-order valence-electron chi connectivity index (χ0n) is 12.4. The molecular formula is C17H25BrO. The number of halogens is 1. The molecule has 2 heteroatoms. The maximum absolute atomic E-state index is 5.85. The monoisotopic (exact) mass is 324 g/mol. The van der Waals surface area contributed by atoms with E-state index in [9.17, 15) is 0 Å². The minimum absolute atomic E-state index is 0.261. The molecule has 0 bridgehead atoms. The van der Waals surface area contributed by atoms with Crippen LogP contribution in [0.15, 0.2) is 24.3 Å². The molecule has 1 fully saturated rings. The van der Waals surface area contributed by atoms with Gasteiger partial charge in [-0.15, -0.1) is 0 Å². The number of hydrogen-bond acceptors (Lipinski definition) is 1. The summed E-state index contributed by atoms with van der Waals surface area (Å²) in [5.41, 5.74) is 3.01. The zero-order valence-corrected chi connectivity index (χ0v) is 14.0. The van der Waals surface area contributed by atoms with E-state index in [1.54, 1.807) is 0 Å². The number of ether oxygens (including phenoxy) is 1. The lowest BCUT2D eigenvalue weighted by Crippen LogP contribution is -2.19. The molecule has 0 N–H and O–H groups in total. The third-order valence-electron chi connectivity index (χ3n) is 4.63. The van der Waals surface area contributed by atoms with Crippen LogP contribution in [0.1, 0.15) is 56.5 Å². The molecule has 1 nitrogen and oxygen atoms in total. The van der Waals surface area contributed by atoms with Crippen LogP contribution >= 0.6 is 15.9 Å². The molecular weight excluding hydrogens is 300 g/mol. The maximum Gasteiger partial charge on any atom is 0.0767 e. The van der Waals surface area contributed by atoms with Crippen LogP contribution < -0.4 is 0 Å². The summed E-state index contributed by atoms with van der Waals surface area (Å²) in [6.07, 6.45) is 2.64. The Kier molecular flexibility index (Phi) is 4.73. The summed E-state index contributed by atoms with van der Waals surface area (Å²) < 4.78 is 5.85. The molecule has 1 aliphatic heterocycles. The molecule has 1 saturated heterocycles.